The maximum absolute atomic E-state index is 5.86. The molecule has 16 heavy (non-hydrogen) atoms. The van der Waals surface area contributed by atoms with Crippen LogP contribution in [0.1, 0.15) is 17.4 Å². The number of aromatic nitrogens is 3. The molecule has 6 nitrogen and oxygen atoms in total. The molecule has 0 aliphatic heterocycles. The van der Waals surface area contributed by atoms with Crippen LogP contribution in [0.4, 0.5) is 5.82 Å². The number of hydrogen-bond donors (Lipinski definition) is 4. The van der Waals surface area contributed by atoms with Crippen molar-refractivity contribution in [3.63, 3.8) is 0 Å². The number of hydrogen-bond acceptors (Lipinski definition) is 5. The van der Waals surface area contributed by atoms with Crippen LogP contribution in [-0.2, 0) is 0 Å². The lowest BCUT2D eigenvalue weighted by Gasteiger charge is -2.15. The number of imidazole rings is 1. The lowest BCUT2D eigenvalue weighted by atomic mass is 10.1. The zero-order valence-corrected chi connectivity index (χ0v) is 9.07. The number of nitrogens with zero attached hydrogens (tertiary/aromatic N) is 2. The van der Waals surface area contributed by atoms with Crippen molar-refractivity contribution in [1.82, 2.24) is 20.4 Å². The topological polar surface area (TPSA) is 106 Å². The number of H-pyrrole nitrogens is 1. The predicted molar refractivity (Wildman–Crippen MR) is 61.4 cm³/mol. The van der Waals surface area contributed by atoms with Gasteiger partial charge in [0.05, 0.1) is 5.02 Å². The first-order chi connectivity index (χ1) is 7.72. The van der Waals surface area contributed by atoms with Crippen LogP contribution >= 0.6 is 11.6 Å². The van der Waals surface area contributed by atoms with E-state index in [0.29, 0.717) is 22.2 Å². The van der Waals surface area contributed by atoms with E-state index in [2.05, 4.69) is 20.4 Å². The van der Waals surface area contributed by atoms with Gasteiger partial charge in [-0.05, 0) is 6.07 Å². The van der Waals surface area contributed by atoms with Crippen LogP contribution in [0.3, 0.4) is 0 Å². The molecule has 2 aromatic heterocycles. The van der Waals surface area contributed by atoms with E-state index >= 15 is 0 Å². The summed E-state index contributed by atoms with van der Waals surface area (Å²) in [5.74, 6) is 6.49. The third kappa shape index (κ3) is 1.99. The molecule has 0 aliphatic carbocycles. The SMILES string of the molecule is NNC(c1ncc[nH]1)c1cc(Cl)cnc1N. The number of rotatable bonds is 3. The van der Waals surface area contributed by atoms with Gasteiger partial charge < -0.3 is 10.7 Å². The Hall–Kier alpha value is -1.63. The molecular weight excluding hydrogens is 228 g/mol. The molecule has 0 saturated carbocycles. The minimum Gasteiger partial charge on any atom is -0.383 e. The Kier molecular flexibility index (Phi) is 3.04. The number of nitrogens with two attached hydrogens (primary N) is 2. The molecule has 2 rings (SSSR count). The Bertz CT molecular complexity index is 469. The van der Waals surface area contributed by atoms with E-state index in [4.69, 9.17) is 23.2 Å². The summed E-state index contributed by atoms with van der Waals surface area (Å²) < 4.78 is 0. The van der Waals surface area contributed by atoms with Crippen LogP contribution < -0.4 is 17.0 Å². The molecule has 0 aliphatic rings. The summed E-state index contributed by atoms with van der Waals surface area (Å²) >= 11 is 5.86. The minimum absolute atomic E-state index is 0.360. The third-order valence-electron chi connectivity index (χ3n) is 2.19. The van der Waals surface area contributed by atoms with E-state index in [1.165, 1.54) is 6.20 Å². The molecular formula is C9H11ClN6. The van der Waals surface area contributed by atoms with Gasteiger partial charge in [0, 0.05) is 24.2 Å². The van der Waals surface area contributed by atoms with Gasteiger partial charge in [-0.2, -0.15) is 0 Å². The van der Waals surface area contributed by atoms with Gasteiger partial charge in [0.25, 0.3) is 0 Å². The maximum atomic E-state index is 5.86. The van der Waals surface area contributed by atoms with E-state index in [1.54, 1.807) is 18.5 Å². The monoisotopic (exact) mass is 238 g/mol. The molecule has 6 N–H and O–H groups in total. The van der Waals surface area contributed by atoms with Crippen molar-refractivity contribution in [3.8, 4) is 0 Å². The molecule has 0 fully saturated rings. The summed E-state index contributed by atoms with van der Waals surface area (Å²) in [7, 11) is 0. The molecule has 0 amide bonds. The summed E-state index contributed by atoms with van der Waals surface area (Å²) in [5, 5.41) is 0.496. The first-order valence-corrected chi connectivity index (χ1v) is 4.96. The van der Waals surface area contributed by atoms with Crippen molar-refractivity contribution in [1.29, 1.82) is 0 Å². The van der Waals surface area contributed by atoms with Gasteiger partial charge in [0.15, 0.2) is 0 Å². The highest BCUT2D eigenvalue weighted by molar-refractivity contribution is 6.30. The largest absolute Gasteiger partial charge is 0.383 e. The number of aromatic amines is 1. The second-order valence-corrected chi connectivity index (χ2v) is 3.64. The van der Waals surface area contributed by atoms with Crippen molar-refractivity contribution in [2.75, 3.05) is 5.73 Å². The molecule has 0 saturated heterocycles. The van der Waals surface area contributed by atoms with Gasteiger partial charge in [-0.15, -0.1) is 0 Å². The Morgan fingerprint density at radius 3 is 2.88 bits per heavy atom. The molecule has 0 aromatic carbocycles. The van der Waals surface area contributed by atoms with Crippen LogP contribution in [0.15, 0.2) is 24.7 Å². The van der Waals surface area contributed by atoms with Gasteiger partial charge in [-0.3, -0.25) is 5.84 Å². The van der Waals surface area contributed by atoms with Crippen molar-refractivity contribution in [3.05, 3.63) is 41.1 Å². The van der Waals surface area contributed by atoms with E-state index in [-0.39, 0.29) is 6.04 Å². The Morgan fingerprint density at radius 2 is 2.25 bits per heavy atom. The minimum atomic E-state index is -0.360. The molecule has 0 spiro atoms. The number of anilines is 1. The van der Waals surface area contributed by atoms with Gasteiger partial charge in [0.2, 0.25) is 0 Å². The van der Waals surface area contributed by atoms with Gasteiger partial charge >= 0.3 is 0 Å². The average molecular weight is 239 g/mol. The van der Waals surface area contributed by atoms with E-state index in [9.17, 15) is 0 Å². The highest BCUT2D eigenvalue weighted by atomic mass is 35.5. The van der Waals surface area contributed by atoms with E-state index in [0.717, 1.165) is 0 Å². The van der Waals surface area contributed by atoms with Crippen LogP contribution in [0.2, 0.25) is 5.02 Å². The molecule has 0 radical (unpaired) electrons. The summed E-state index contributed by atoms with van der Waals surface area (Å²) in [4.78, 5) is 11.0. The smallest absolute Gasteiger partial charge is 0.129 e. The maximum Gasteiger partial charge on any atom is 0.129 e. The predicted octanol–water partition coefficient (Wildman–Crippen LogP) is 0.593. The Morgan fingerprint density at radius 1 is 1.44 bits per heavy atom. The first-order valence-electron chi connectivity index (χ1n) is 4.58. The fourth-order valence-electron chi connectivity index (χ4n) is 1.45. The second-order valence-electron chi connectivity index (χ2n) is 3.20. The molecule has 7 heteroatoms. The lowest BCUT2D eigenvalue weighted by Crippen LogP contribution is -2.30. The summed E-state index contributed by atoms with van der Waals surface area (Å²) in [6, 6.07) is 1.35. The second kappa shape index (κ2) is 4.48. The lowest BCUT2D eigenvalue weighted by molar-refractivity contribution is 0.608. The van der Waals surface area contributed by atoms with Gasteiger partial charge in [0.1, 0.15) is 17.7 Å². The molecule has 2 heterocycles. The average Bonchev–Trinajstić information content (AvgIpc) is 2.78. The highest BCUT2D eigenvalue weighted by Gasteiger charge is 2.18. The van der Waals surface area contributed by atoms with Crippen molar-refractivity contribution >= 4 is 17.4 Å². The molecule has 0 bridgehead atoms. The van der Waals surface area contributed by atoms with Crippen LogP contribution in [0.5, 0.6) is 0 Å². The fraction of sp³-hybridized carbons (Fsp3) is 0.111. The first kappa shape index (κ1) is 10.9. The van der Waals surface area contributed by atoms with Crippen molar-refractivity contribution < 1.29 is 0 Å². The normalized spacial score (nSPS) is 12.6. The summed E-state index contributed by atoms with van der Waals surface area (Å²) in [6.45, 7) is 0. The Balaban J connectivity index is 2.44. The number of nitrogen functional groups attached to an aromatic ring is 1. The number of nitrogens with one attached hydrogen (secondary N) is 2. The van der Waals surface area contributed by atoms with E-state index in [1.807, 2.05) is 0 Å². The van der Waals surface area contributed by atoms with Crippen molar-refractivity contribution in [2.45, 2.75) is 6.04 Å². The van der Waals surface area contributed by atoms with Crippen molar-refractivity contribution in [2.24, 2.45) is 5.84 Å². The Labute approximate surface area is 97.0 Å². The van der Waals surface area contributed by atoms with Crippen LogP contribution in [0.25, 0.3) is 0 Å². The number of pyridine rings is 1. The third-order valence-corrected chi connectivity index (χ3v) is 2.39. The van der Waals surface area contributed by atoms with Crippen LogP contribution in [0, 0.1) is 0 Å². The molecule has 2 aromatic rings. The van der Waals surface area contributed by atoms with E-state index < -0.39 is 0 Å². The summed E-state index contributed by atoms with van der Waals surface area (Å²) in [5.41, 5.74) is 9.07. The fourth-order valence-corrected chi connectivity index (χ4v) is 1.61. The zero-order chi connectivity index (χ0) is 11.5. The zero-order valence-electron chi connectivity index (χ0n) is 8.31. The van der Waals surface area contributed by atoms with Gasteiger partial charge in [-0.25, -0.2) is 15.4 Å². The number of halogens is 1. The van der Waals surface area contributed by atoms with Gasteiger partial charge in [-0.1, -0.05) is 11.6 Å². The quantitative estimate of drug-likeness (QED) is 0.463. The highest BCUT2D eigenvalue weighted by Crippen LogP contribution is 2.24. The molecule has 1 unspecified atom stereocenters. The molecule has 84 valence electrons. The molecule has 1 atom stereocenters. The standard InChI is InChI=1S/C9H11ClN6/c10-5-3-6(8(11)15-4-5)7(16-12)9-13-1-2-14-9/h1-4,7,16H,12H2,(H2,11,15)(H,13,14). The summed E-state index contributed by atoms with van der Waals surface area (Å²) in [6.07, 6.45) is 4.82. The van der Waals surface area contributed by atoms with Crippen LogP contribution in [-0.4, -0.2) is 15.0 Å². The number of hydrazine groups is 1.